The summed E-state index contributed by atoms with van der Waals surface area (Å²) in [6, 6.07) is 11.2. The first kappa shape index (κ1) is 20.7. The van der Waals surface area contributed by atoms with E-state index in [2.05, 4.69) is 5.32 Å². The minimum absolute atomic E-state index is 0.104. The minimum Gasteiger partial charge on any atom is -0.486 e. The number of nitrogens with zero attached hydrogens (tertiary/aromatic N) is 1. The molecule has 152 valence electrons. The number of ether oxygens (including phenoxy) is 2. The smallest absolute Gasteiger partial charge is 0.338 e. The number of carbonyl (C=O) groups excluding carboxylic acids is 2. The molecule has 1 aliphatic rings. The van der Waals surface area contributed by atoms with Crippen LogP contribution in [0.15, 0.2) is 59.8 Å². The maximum absolute atomic E-state index is 13.8. The average molecular weight is 419 g/mol. The number of rotatable bonds is 6. The Morgan fingerprint density at radius 1 is 1.24 bits per heavy atom. The van der Waals surface area contributed by atoms with Crippen molar-refractivity contribution >= 4 is 23.6 Å². The van der Waals surface area contributed by atoms with E-state index in [1.807, 2.05) is 0 Å². The van der Waals surface area contributed by atoms with Crippen LogP contribution in [0.3, 0.4) is 0 Å². The van der Waals surface area contributed by atoms with Gasteiger partial charge in [0.1, 0.15) is 18.2 Å². The lowest BCUT2D eigenvalue weighted by Gasteiger charge is -2.34. The quantitative estimate of drug-likeness (QED) is 0.718. The Balaban J connectivity index is 2.05. The molecule has 6 nitrogen and oxygen atoms in total. The average Bonchev–Trinajstić information content (AvgIpc) is 2.70. The largest absolute Gasteiger partial charge is 0.486 e. The van der Waals surface area contributed by atoms with Crippen molar-refractivity contribution in [3.05, 3.63) is 76.2 Å². The van der Waals surface area contributed by atoms with E-state index in [-0.39, 0.29) is 18.8 Å². The van der Waals surface area contributed by atoms with Gasteiger partial charge in [-0.05, 0) is 36.8 Å². The number of amides is 2. The Morgan fingerprint density at radius 2 is 2.00 bits per heavy atom. The molecule has 0 radical (unpaired) electrons. The molecule has 1 atom stereocenters. The minimum atomic E-state index is -0.877. The van der Waals surface area contributed by atoms with Gasteiger partial charge in [0.25, 0.3) is 0 Å². The summed E-state index contributed by atoms with van der Waals surface area (Å²) in [5.74, 6) is -0.689. The van der Waals surface area contributed by atoms with E-state index in [9.17, 15) is 14.0 Å². The zero-order valence-electron chi connectivity index (χ0n) is 15.9. The number of likely N-dealkylation sites (N-methyl/N-ethyl adjacent to an activating group) is 1. The number of hydrogen-bond acceptors (Lipinski definition) is 4. The lowest BCUT2D eigenvalue weighted by atomic mass is 9.94. The Kier molecular flexibility index (Phi) is 6.39. The molecule has 1 heterocycles. The molecular formula is C21H20ClFN2O4. The highest BCUT2D eigenvalue weighted by molar-refractivity contribution is 6.32. The molecule has 0 fully saturated rings. The van der Waals surface area contributed by atoms with Gasteiger partial charge in [-0.1, -0.05) is 35.9 Å². The van der Waals surface area contributed by atoms with Crippen molar-refractivity contribution in [2.75, 3.05) is 20.3 Å². The highest BCUT2D eigenvalue weighted by Crippen LogP contribution is 2.32. The van der Waals surface area contributed by atoms with E-state index in [0.717, 1.165) is 0 Å². The molecule has 2 aromatic rings. The molecule has 1 N–H and O–H groups in total. The molecule has 0 aliphatic carbocycles. The number of urea groups is 1. The van der Waals surface area contributed by atoms with Crippen LogP contribution in [0.5, 0.6) is 5.75 Å². The lowest BCUT2D eigenvalue weighted by Crippen LogP contribution is -2.48. The maximum atomic E-state index is 13.8. The second-order valence-electron chi connectivity index (χ2n) is 6.30. The van der Waals surface area contributed by atoms with Crippen molar-refractivity contribution in [2.45, 2.75) is 13.0 Å². The second-order valence-corrected chi connectivity index (χ2v) is 6.70. The van der Waals surface area contributed by atoms with Crippen molar-refractivity contribution in [1.29, 1.82) is 0 Å². The molecule has 0 aromatic heterocycles. The fourth-order valence-corrected chi connectivity index (χ4v) is 3.22. The second kappa shape index (κ2) is 8.96. The number of hydrogen-bond donors (Lipinski definition) is 1. The van der Waals surface area contributed by atoms with Crippen molar-refractivity contribution in [2.24, 2.45) is 0 Å². The third kappa shape index (κ3) is 4.51. The van der Waals surface area contributed by atoms with E-state index < -0.39 is 23.9 Å². The molecule has 1 unspecified atom stereocenters. The van der Waals surface area contributed by atoms with Gasteiger partial charge < -0.3 is 14.8 Å². The molecule has 8 heteroatoms. The lowest BCUT2D eigenvalue weighted by molar-refractivity contribution is -0.139. The van der Waals surface area contributed by atoms with Crippen LogP contribution in [-0.4, -0.2) is 37.2 Å². The molecule has 2 aromatic carbocycles. The summed E-state index contributed by atoms with van der Waals surface area (Å²) in [4.78, 5) is 26.6. The summed E-state index contributed by atoms with van der Waals surface area (Å²) in [6.07, 6.45) is 0. The highest BCUT2D eigenvalue weighted by Gasteiger charge is 2.37. The van der Waals surface area contributed by atoms with Crippen molar-refractivity contribution in [1.82, 2.24) is 10.2 Å². The third-order valence-electron chi connectivity index (χ3n) is 4.46. The van der Waals surface area contributed by atoms with Crippen LogP contribution in [0, 0.1) is 5.82 Å². The summed E-state index contributed by atoms with van der Waals surface area (Å²) in [5, 5.41) is 3.12. The van der Waals surface area contributed by atoms with E-state index in [1.165, 1.54) is 30.1 Å². The fourth-order valence-electron chi connectivity index (χ4n) is 3.03. The van der Waals surface area contributed by atoms with Gasteiger partial charge in [-0.3, -0.25) is 4.90 Å². The summed E-state index contributed by atoms with van der Waals surface area (Å²) < 4.78 is 24.8. The third-order valence-corrected chi connectivity index (χ3v) is 4.77. The van der Waals surface area contributed by atoms with Gasteiger partial charge in [0, 0.05) is 7.05 Å². The summed E-state index contributed by atoms with van der Waals surface area (Å²) in [7, 11) is 1.52. The van der Waals surface area contributed by atoms with Gasteiger partial charge in [0.05, 0.1) is 28.9 Å². The number of carbonyl (C=O) groups is 2. The van der Waals surface area contributed by atoms with Crippen molar-refractivity contribution in [3.8, 4) is 5.75 Å². The van der Waals surface area contributed by atoms with Crippen LogP contribution in [0.1, 0.15) is 18.5 Å². The maximum Gasteiger partial charge on any atom is 0.338 e. The Hall–Kier alpha value is -3.06. The first-order chi connectivity index (χ1) is 13.9. The van der Waals surface area contributed by atoms with Crippen LogP contribution < -0.4 is 10.1 Å². The van der Waals surface area contributed by atoms with Gasteiger partial charge in [-0.2, -0.15) is 0 Å². The predicted octanol–water partition coefficient (Wildman–Crippen LogP) is 4.07. The predicted molar refractivity (Wildman–Crippen MR) is 106 cm³/mol. The first-order valence-electron chi connectivity index (χ1n) is 8.99. The molecule has 1 aliphatic heterocycles. The van der Waals surface area contributed by atoms with Crippen molar-refractivity contribution < 1.29 is 23.5 Å². The van der Waals surface area contributed by atoms with Crippen LogP contribution >= 0.6 is 11.6 Å². The van der Waals surface area contributed by atoms with Crippen molar-refractivity contribution in [3.63, 3.8) is 0 Å². The fraction of sp³-hybridized carbons (Fsp3) is 0.238. The normalized spacial score (nSPS) is 16.5. The standard InChI is InChI=1S/C21H20ClFN2O4/c1-3-28-20(26)18-16(12-29-17-10-5-4-9-15(17)22)25(2)21(27)24-19(18)13-7-6-8-14(23)11-13/h4-11,19H,3,12H2,1-2H3,(H,24,27). The molecule has 0 saturated heterocycles. The molecule has 3 rings (SSSR count). The monoisotopic (exact) mass is 418 g/mol. The number of para-hydroxylation sites is 1. The molecule has 0 bridgehead atoms. The molecular weight excluding hydrogens is 399 g/mol. The van der Waals surface area contributed by atoms with E-state index in [1.54, 1.807) is 37.3 Å². The molecule has 0 spiro atoms. The van der Waals surface area contributed by atoms with Gasteiger partial charge in [-0.25, -0.2) is 14.0 Å². The Bertz CT molecular complexity index is 963. The Labute approximate surface area is 172 Å². The Morgan fingerprint density at radius 3 is 2.69 bits per heavy atom. The summed E-state index contributed by atoms with van der Waals surface area (Å²) in [5.41, 5.74) is 0.901. The van der Waals surface area contributed by atoms with Crippen LogP contribution in [0.4, 0.5) is 9.18 Å². The van der Waals surface area contributed by atoms with Gasteiger partial charge >= 0.3 is 12.0 Å². The molecule has 0 saturated carbocycles. The zero-order valence-corrected chi connectivity index (χ0v) is 16.7. The van der Waals surface area contributed by atoms with Crippen LogP contribution in [0.2, 0.25) is 5.02 Å². The van der Waals surface area contributed by atoms with Gasteiger partial charge in [-0.15, -0.1) is 0 Å². The van der Waals surface area contributed by atoms with E-state index in [0.29, 0.717) is 22.0 Å². The molecule has 2 amide bonds. The van der Waals surface area contributed by atoms with E-state index in [4.69, 9.17) is 21.1 Å². The topological polar surface area (TPSA) is 67.9 Å². The zero-order chi connectivity index (χ0) is 21.0. The number of esters is 1. The molecule has 29 heavy (non-hydrogen) atoms. The van der Waals surface area contributed by atoms with Crippen LogP contribution in [-0.2, 0) is 9.53 Å². The van der Waals surface area contributed by atoms with Gasteiger partial charge in [0.2, 0.25) is 0 Å². The summed E-state index contributed by atoms with van der Waals surface area (Å²) in [6.45, 7) is 1.73. The number of nitrogens with one attached hydrogen (secondary N) is 1. The highest BCUT2D eigenvalue weighted by atomic mass is 35.5. The van der Waals surface area contributed by atoms with E-state index >= 15 is 0 Å². The summed E-state index contributed by atoms with van der Waals surface area (Å²) >= 11 is 6.13. The number of halogens is 2. The van der Waals surface area contributed by atoms with Gasteiger partial charge in [0.15, 0.2) is 0 Å². The first-order valence-corrected chi connectivity index (χ1v) is 9.37. The van der Waals surface area contributed by atoms with Crippen LogP contribution in [0.25, 0.3) is 0 Å². The SMILES string of the molecule is CCOC(=O)C1=C(COc2ccccc2Cl)N(C)C(=O)NC1c1cccc(F)c1. The number of benzene rings is 2.